The van der Waals surface area contributed by atoms with Gasteiger partial charge in [0.25, 0.3) is 0 Å². The Hall–Kier alpha value is -1.06. The first-order chi connectivity index (χ1) is 8.22. The molecule has 2 amide bonds. The summed E-state index contributed by atoms with van der Waals surface area (Å²) in [5.74, 6) is 0.739. The van der Waals surface area contributed by atoms with Crippen LogP contribution < -0.4 is 5.32 Å². The number of carbonyl (C=O) groups is 2. The van der Waals surface area contributed by atoms with Crippen molar-refractivity contribution in [3.05, 3.63) is 0 Å². The normalized spacial score (nSPS) is 26.4. The molecule has 2 fully saturated rings. The van der Waals surface area contributed by atoms with Gasteiger partial charge in [-0.05, 0) is 25.2 Å². The van der Waals surface area contributed by atoms with Crippen molar-refractivity contribution in [3.63, 3.8) is 0 Å². The van der Waals surface area contributed by atoms with Gasteiger partial charge in [0.15, 0.2) is 0 Å². The first-order valence-electron chi connectivity index (χ1n) is 6.79. The molecule has 4 nitrogen and oxygen atoms in total. The summed E-state index contributed by atoms with van der Waals surface area (Å²) in [6.07, 6.45) is 6.69. The number of rotatable bonds is 4. The topological polar surface area (TPSA) is 49.4 Å². The van der Waals surface area contributed by atoms with Crippen molar-refractivity contribution >= 4 is 11.8 Å². The van der Waals surface area contributed by atoms with Crippen LogP contribution in [0.25, 0.3) is 0 Å². The number of piperazine rings is 1. The second-order valence-electron chi connectivity index (χ2n) is 5.22. The molecule has 1 unspecified atom stereocenters. The molecular formula is C13H22N2O2. The van der Waals surface area contributed by atoms with Gasteiger partial charge in [-0.3, -0.25) is 9.59 Å². The fraction of sp³-hybridized carbons (Fsp3) is 0.846. The molecule has 0 aromatic heterocycles. The molecule has 1 saturated heterocycles. The zero-order valence-corrected chi connectivity index (χ0v) is 10.6. The lowest BCUT2D eigenvalue weighted by Crippen LogP contribution is -2.59. The van der Waals surface area contributed by atoms with Crippen LogP contribution in [0.5, 0.6) is 0 Å². The highest BCUT2D eigenvalue weighted by Crippen LogP contribution is 2.27. The van der Waals surface area contributed by atoms with Gasteiger partial charge >= 0.3 is 0 Å². The van der Waals surface area contributed by atoms with Gasteiger partial charge in [-0.25, -0.2) is 0 Å². The number of hydrogen-bond acceptors (Lipinski definition) is 2. The quantitative estimate of drug-likeness (QED) is 0.802. The average molecular weight is 238 g/mol. The van der Waals surface area contributed by atoms with Crippen molar-refractivity contribution in [1.29, 1.82) is 0 Å². The van der Waals surface area contributed by atoms with Gasteiger partial charge in [0.05, 0.1) is 6.54 Å². The summed E-state index contributed by atoms with van der Waals surface area (Å²) in [7, 11) is 0. The van der Waals surface area contributed by atoms with Crippen LogP contribution in [0.4, 0.5) is 0 Å². The van der Waals surface area contributed by atoms with Crippen molar-refractivity contribution in [2.45, 2.75) is 51.5 Å². The summed E-state index contributed by atoms with van der Waals surface area (Å²) in [6.45, 7) is 3.03. The third-order valence-electron chi connectivity index (χ3n) is 3.90. The minimum absolute atomic E-state index is 0.0319. The van der Waals surface area contributed by atoms with E-state index < -0.39 is 0 Å². The molecule has 1 aliphatic carbocycles. The Bertz CT molecular complexity index is 298. The smallest absolute Gasteiger partial charge is 0.243 e. The summed E-state index contributed by atoms with van der Waals surface area (Å²) >= 11 is 0. The zero-order chi connectivity index (χ0) is 12.3. The molecule has 96 valence electrons. The Morgan fingerprint density at radius 2 is 2.00 bits per heavy atom. The van der Waals surface area contributed by atoms with Crippen molar-refractivity contribution in [2.75, 3.05) is 13.1 Å². The number of amides is 2. The summed E-state index contributed by atoms with van der Waals surface area (Å²) in [5, 5.41) is 2.69. The van der Waals surface area contributed by atoms with E-state index in [9.17, 15) is 9.59 Å². The minimum atomic E-state index is -0.221. The Balaban J connectivity index is 2.02. The highest BCUT2D eigenvalue weighted by Gasteiger charge is 2.35. The highest BCUT2D eigenvalue weighted by atomic mass is 16.2. The summed E-state index contributed by atoms with van der Waals surface area (Å²) in [5.41, 5.74) is 0. The van der Waals surface area contributed by atoms with E-state index in [1.165, 1.54) is 25.7 Å². The lowest BCUT2D eigenvalue weighted by atomic mass is 10.0. The predicted octanol–water partition coefficient (Wildman–Crippen LogP) is 1.30. The monoisotopic (exact) mass is 238 g/mol. The molecule has 4 heteroatoms. The highest BCUT2D eigenvalue weighted by molar-refractivity contribution is 5.94. The zero-order valence-electron chi connectivity index (χ0n) is 10.6. The summed E-state index contributed by atoms with van der Waals surface area (Å²) in [6, 6.07) is -0.221. The molecule has 1 N–H and O–H groups in total. The summed E-state index contributed by atoms with van der Waals surface area (Å²) < 4.78 is 0. The van der Waals surface area contributed by atoms with Crippen LogP contribution in [0, 0.1) is 5.92 Å². The first kappa shape index (κ1) is 12.4. The van der Waals surface area contributed by atoms with Crippen molar-refractivity contribution in [1.82, 2.24) is 10.2 Å². The molecule has 2 aliphatic rings. The Labute approximate surface area is 103 Å². The van der Waals surface area contributed by atoms with E-state index in [1.807, 2.05) is 4.90 Å². The summed E-state index contributed by atoms with van der Waals surface area (Å²) in [4.78, 5) is 25.6. The molecular weight excluding hydrogens is 216 g/mol. The van der Waals surface area contributed by atoms with Crippen LogP contribution in [0.15, 0.2) is 0 Å². The first-order valence-corrected chi connectivity index (χ1v) is 6.79. The minimum Gasteiger partial charge on any atom is -0.345 e. The predicted molar refractivity (Wildman–Crippen MR) is 65.4 cm³/mol. The number of carbonyl (C=O) groups excluding carboxylic acids is 2. The van der Waals surface area contributed by atoms with Crippen molar-refractivity contribution in [2.24, 2.45) is 5.92 Å². The third-order valence-corrected chi connectivity index (χ3v) is 3.90. The molecule has 17 heavy (non-hydrogen) atoms. The second kappa shape index (κ2) is 5.52. The lowest BCUT2D eigenvalue weighted by molar-refractivity contribution is -0.146. The molecule has 1 aliphatic heterocycles. The molecule has 1 saturated carbocycles. The number of nitrogens with one attached hydrogen (secondary N) is 1. The van der Waals surface area contributed by atoms with Gasteiger partial charge in [-0.1, -0.05) is 26.2 Å². The standard InChI is InChI=1S/C13H22N2O2/c1-2-5-11-13(17)14-8-12(16)15(11)9-10-6-3-4-7-10/h10-11H,2-9H2,1H3,(H,14,17). The van der Waals surface area contributed by atoms with Gasteiger partial charge < -0.3 is 10.2 Å². The van der Waals surface area contributed by atoms with Crippen LogP contribution in [0.3, 0.4) is 0 Å². The van der Waals surface area contributed by atoms with Gasteiger partial charge in [0.1, 0.15) is 6.04 Å². The Morgan fingerprint density at radius 1 is 1.29 bits per heavy atom. The maximum atomic E-state index is 11.9. The van der Waals surface area contributed by atoms with Gasteiger partial charge in [0.2, 0.25) is 11.8 Å². The fourth-order valence-corrected chi connectivity index (χ4v) is 2.96. The van der Waals surface area contributed by atoms with Gasteiger partial charge in [-0.2, -0.15) is 0 Å². The van der Waals surface area contributed by atoms with E-state index in [0.717, 1.165) is 19.4 Å². The van der Waals surface area contributed by atoms with E-state index in [4.69, 9.17) is 0 Å². The van der Waals surface area contributed by atoms with E-state index in [2.05, 4.69) is 12.2 Å². The van der Waals surface area contributed by atoms with Crippen molar-refractivity contribution in [3.8, 4) is 0 Å². The molecule has 0 radical (unpaired) electrons. The molecule has 1 heterocycles. The Morgan fingerprint density at radius 3 is 2.65 bits per heavy atom. The molecule has 0 bridgehead atoms. The molecule has 2 rings (SSSR count). The van der Waals surface area contributed by atoms with E-state index in [-0.39, 0.29) is 24.4 Å². The number of nitrogens with zero attached hydrogens (tertiary/aromatic N) is 1. The van der Waals surface area contributed by atoms with Crippen molar-refractivity contribution < 1.29 is 9.59 Å². The Kier molecular flexibility index (Phi) is 4.02. The van der Waals surface area contributed by atoms with Crippen LogP contribution in [-0.2, 0) is 9.59 Å². The van der Waals surface area contributed by atoms with Crippen LogP contribution in [-0.4, -0.2) is 35.8 Å². The van der Waals surface area contributed by atoms with Gasteiger partial charge in [0, 0.05) is 6.54 Å². The molecule has 0 aromatic rings. The van der Waals surface area contributed by atoms with Crippen LogP contribution in [0.2, 0.25) is 0 Å². The third kappa shape index (κ3) is 2.79. The molecule has 1 atom stereocenters. The SMILES string of the molecule is CCCC1C(=O)NCC(=O)N1CC1CCCC1. The fourth-order valence-electron chi connectivity index (χ4n) is 2.96. The largest absolute Gasteiger partial charge is 0.345 e. The molecule has 0 aromatic carbocycles. The molecule has 0 spiro atoms. The lowest BCUT2D eigenvalue weighted by Gasteiger charge is -2.36. The maximum absolute atomic E-state index is 11.9. The van der Waals surface area contributed by atoms with E-state index >= 15 is 0 Å². The maximum Gasteiger partial charge on any atom is 0.243 e. The van der Waals surface area contributed by atoms with E-state index in [0.29, 0.717) is 5.92 Å². The van der Waals surface area contributed by atoms with E-state index in [1.54, 1.807) is 0 Å². The van der Waals surface area contributed by atoms with Crippen LogP contribution in [0.1, 0.15) is 45.4 Å². The van der Waals surface area contributed by atoms with Gasteiger partial charge in [-0.15, -0.1) is 0 Å². The van der Waals surface area contributed by atoms with Crippen LogP contribution >= 0.6 is 0 Å². The second-order valence-corrected chi connectivity index (χ2v) is 5.22. The number of hydrogen-bond donors (Lipinski definition) is 1. The average Bonchev–Trinajstić information content (AvgIpc) is 2.81.